The number of carboxylic acid groups (broad SMARTS) is 1. The Kier molecular flexibility index (Phi) is 7.87. The lowest BCUT2D eigenvalue weighted by Crippen LogP contribution is -2.54. The van der Waals surface area contributed by atoms with E-state index in [0.29, 0.717) is 16.9 Å². The van der Waals surface area contributed by atoms with Gasteiger partial charge in [0.05, 0.1) is 23.1 Å². The van der Waals surface area contributed by atoms with E-state index in [-0.39, 0.29) is 47.5 Å². The number of aromatic carboxylic acids is 1. The van der Waals surface area contributed by atoms with Gasteiger partial charge in [0, 0.05) is 5.38 Å². The van der Waals surface area contributed by atoms with Crippen molar-refractivity contribution in [2.45, 2.75) is 12.4 Å². The molecule has 4 rings (SSSR count). The Bertz CT molecular complexity index is 1370. The molecule has 1 aliphatic heterocycles. The molecule has 12 nitrogen and oxygen atoms in total. The fourth-order valence-corrected chi connectivity index (χ4v) is 4.03. The number of carboxylic acids is 1. The summed E-state index contributed by atoms with van der Waals surface area (Å²) >= 11 is 1.11. The molecule has 1 aliphatic rings. The van der Waals surface area contributed by atoms with Gasteiger partial charge in [0.25, 0.3) is 5.91 Å². The van der Waals surface area contributed by atoms with Crippen molar-refractivity contribution in [3.63, 3.8) is 0 Å². The Labute approximate surface area is 215 Å². The summed E-state index contributed by atoms with van der Waals surface area (Å²) in [5.74, 6) is -2.20. The zero-order chi connectivity index (χ0) is 26.4. The van der Waals surface area contributed by atoms with Gasteiger partial charge >= 0.3 is 13.1 Å². The number of para-hydroxylation sites is 1. The predicted octanol–water partition coefficient (Wildman–Crippen LogP) is 1.23. The van der Waals surface area contributed by atoms with Crippen LogP contribution in [0.5, 0.6) is 11.5 Å². The van der Waals surface area contributed by atoms with E-state index in [1.165, 1.54) is 11.4 Å². The molecule has 1 atom stereocenters. The van der Waals surface area contributed by atoms with Crippen LogP contribution < -0.4 is 20.4 Å². The summed E-state index contributed by atoms with van der Waals surface area (Å²) in [6.45, 7) is 0.109. The van der Waals surface area contributed by atoms with Gasteiger partial charge in [-0.1, -0.05) is 17.3 Å². The fourth-order valence-electron chi connectivity index (χ4n) is 3.49. The Morgan fingerprint density at radius 1 is 1.30 bits per heavy atom. The van der Waals surface area contributed by atoms with Gasteiger partial charge in [0.2, 0.25) is 0 Å². The highest BCUT2D eigenvalue weighted by atomic mass is 32.1. The lowest BCUT2D eigenvalue weighted by atomic mass is 9.72. The Balaban J connectivity index is 1.42. The second kappa shape index (κ2) is 11.4. The minimum Gasteiger partial charge on any atom is -0.534 e. The van der Waals surface area contributed by atoms with Gasteiger partial charge < -0.3 is 35.4 Å². The Hall–Kier alpha value is -4.61. The van der Waals surface area contributed by atoms with E-state index in [9.17, 15) is 19.7 Å². The molecule has 0 aliphatic carbocycles. The molecule has 0 saturated carbocycles. The summed E-state index contributed by atoms with van der Waals surface area (Å²) in [5, 5.41) is 36.9. The first-order valence-electron chi connectivity index (χ1n) is 10.9. The normalized spacial score (nSPS) is 14.6. The minimum absolute atomic E-state index is 0.00307. The number of nitriles is 1. The number of oxime groups is 1. The first-order chi connectivity index (χ1) is 17.9. The van der Waals surface area contributed by atoms with Gasteiger partial charge in [0.1, 0.15) is 23.8 Å². The van der Waals surface area contributed by atoms with Gasteiger partial charge in [-0.2, -0.15) is 5.26 Å². The van der Waals surface area contributed by atoms with Crippen molar-refractivity contribution in [2.75, 3.05) is 18.9 Å². The number of aromatic nitrogens is 1. The molecular weight excluding hydrogens is 501 g/mol. The van der Waals surface area contributed by atoms with Crippen LogP contribution in [0.2, 0.25) is 0 Å². The SMILES string of the molecule is N#Cc1ccc(OCCON=C(C(=O)NC2Cc3cccc(C(=O)O)c3OB2O)c2csc(N)n2)cc1. The van der Waals surface area contributed by atoms with Crippen LogP contribution in [0.4, 0.5) is 5.13 Å². The van der Waals surface area contributed by atoms with E-state index >= 15 is 0 Å². The van der Waals surface area contributed by atoms with E-state index in [2.05, 4.69) is 15.5 Å². The van der Waals surface area contributed by atoms with Crippen LogP contribution in [-0.4, -0.2) is 59.0 Å². The number of ether oxygens (including phenoxy) is 1. The topological polar surface area (TPSA) is 189 Å². The van der Waals surface area contributed by atoms with Crippen LogP contribution in [0.25, 0.3) is 0 Å². The molecule has 0 fully saturated rings. The molecule has 0 radical (unpaired) electrons. The van der Waals surface area contributed by atoms with Crippen molar-refractivity contribution in [1.29, 1.82) is 5.26 Å². The second-order valence-electron chi connectivity index (χ2n) is 7.72. The number of carbonyl (C=O) groups excluding carboxylic acids is 1. The molecule has 1 amide bonds. The molecule has 0 bridgehead atoms. The van der Waals surface area contributed by atoms with E-state index in [1.807, 2.05) is 6.07 Å². The molecule has 0 saturated heterocycles. The zero-order valence-corrected chi connectivity index (χ0v) is 20.0. The van der Waals surface area contributed by atoms with Crippen LogP contribution in [0.1, 0.15) is 27.2 Å². The highest BCUT2D eigenvalue weighted by Gasteiger charge is 2.38. The molecule has 0 spiro atoms. The largest absolute Gasteiger partial charge is 0.547 e. The number of nitrogen functional groups attached to an aromatic ring is 1. The van der Waals surface area contributed by atoms with Crippen molar-refractivity contribution < 1.29 is 33.9 Å². The monoisotopic (exact) mass is 521 g/mol. The molecular formula is C23H20BN5O7S. The second-order valence-corrected chi connectivity index (χ2v) is 8.61. The van der Waals surface area contributed by atoms with Crippen LogP contribution >= 0.6 is 11.3 Å². The number of hydrogen-bond acceptors (Lipinski definition) is 11. The van der Waals surface area contributed by atoms with Crippen molar-refractivity contribution >= 4 is 41.2 Å². The molecule has 1 aromatic heterocycles. The number of amides is 1. The number of hydrogen-bond donors (Lipinski definition) is 4. The number of carbonyl (C=O) groups is 2. The van der Waals surface area contributed by atoms with E-state index in [1.54, 1.807) is 36.4 Å². The molecule has 2 aromatic carbocycles. The summed E-state index contributed by atoms with van der Waals surface area (Å²) < 4.78 is 10.9. The molecule has 3 aromatic rings. The number of rotatable bonds is 9. The van der Waals surface area contributed by atoms with Crippen molar-refractivity contribution in [3.8, 4) is 17.6 Å². The molecule has 2 heterocycles. The number of thiazole rings is 1. The van der Waals surface area contributed by atoms with Crippen LogP contribution in [0.15, 0.2) is 53.0 Å². The summed E-state index contributed by atoms with van der Waals surface area (Å²) in [5.41, 5.74) is 6.64. The fraction of sp³-hybridized carbons (Fsp3) is 0.174. The number of fused-ring (bicyclic) bond motifs is 1. The van der Waals surface area contributed by atoms with E-state index in [4.69, 9.17) is 25.2 Å². The average molecular weight is 521 g/mol. The van der Waals surface area contributed by atoms with Crippen LogP contribution in [0, 0.1) is 11.3 Å². The zero-order valence-electron chi connectivity index (χ0n) is 19.2. The Morgan fingerprint density at radius 3 is 2.76 bits per heavy atom. The maximum Gasteiger partial charge on any atom is 0.547 e. The highest BCUT2D eigenvalue weighted by molar-refractivity contribution is 7.13. The quantitative estimate of drug-likeness (QED) is 0.138. The van der Waals surface area contributed by atoms with Gasteiger partial charge in [-0.15, -0.1) is 11.3 Å². The molecule has 14 heteroatoms. The van der Waals surface area contributed by atoms with E-state index in [0.717, 1.165) is 11.3 Å². The summed E-state index contributed by atoms with van der Waals surface area (Å²) in [6, 6.07) is 13.1. The third-order valence-corrected chi connectivity index (χ3v) is 5.90. The van der Waals surface area contributed by atoms with Crippen LogP contribution in [0.3, 0.4) is 0 Å². The van der Waals surface area contributed by atoms with Crippen molar-refractivity contribution in [1.82, 2.24) is 10.3 Å². The minimum atomic E-state index is -1.50. The van der Waals surface area contributed by atoms with E-state index < -0.39 is 24.9 Å². The van der Waals surface area contributed by atoms with Gasteiger partial charge in [-0.3, -0.25) is 4.79 Å². The maximum atomic E-state index is 13.1. The number of anilines is 1. The smallest absolute Gasteiger partial charge is 0.534 e. The number of nitrogens with one attached hydrogen (secondary N) is 1. The maximum absolute atomic E-state index is 13.1. The molecule has 1 unspecified atom stereocenters. The highest BCUT2D eigenvalue weighted by Crippen LogP contribution is 2.30. The third kappa shape index (κ3) is 6.15. The lowest BCUT2D eigenvalue weighted by Gasteiger charge is -2.28. The van der Waals surface area contributed by atoms with Crippen molar-refractivity contribution in [2.24, 2.45) is 5.16 Å². The molecule has 37 heavy (non-hydrogen) atoms. The first-order valence-corrected chi connectivity index (χ1v) is 11.8. The van der Waals surface area contributed by atoms with Gasteiger partial charge in [-0.05, 0) is 42.3 Å². The van der Waals surface area contributed by atoms with Gasteiger partial charge in [-0.25, -0.2) is 9.78 Å². The summed E-state index contributed by atoms with van der Waals surface area (Å²) in [7, 11) is -1.50. The Morgan fingerprint density at radius 2 is 2.08 bits per heavy atom. The average Bonchev–Trinajstić information content (AvgIpc) is 3.32. The van der Waals surface area contributed by atoms with Crippen molar-refractivity contribution in [3.05, 3.63) is 70.2 Å². The number of nitrogens with two attached hydrogens (primary N) is 1. The lowest BCUT2D eigenvalue weighted by molar-refractivity contribution is -0.115. The number of nitrogens with zero attached hydrogens (tertiary/aromatic N) is 3. The van der Waals surface area contributed by atoms with Crippen LogP contribution in [-0.2, 0) is 16.1 Å². The molecule has 188 valence electrons. The van der Waals surface area contributed by atoms with Gasteiger partial charge in [0.15, 0.2) is 17.5 Å². The standard InChI is InChI=1S/C23H20BN5O7S/c25-11-13-4-6-15(7-5-13)34-8-9-35-29-19(17-12-37-23(26)27-17)21(30)28-18-10-14-2-1-3-16(22(31)32)20(14)36-24(18)33/h1-7,12,18,33H,8-10H2,(H2,26,27)(H,28,30)(H,31,32). The molecule has 5 N–H and O–H groups in total. The predicted molar refractivity (Wildman–Crippen MR) is 133 cm³/mol. The third-order valence-electron chi connectivity index (χ3n) is 5.23. The summed E-state index contributed by atoms with van der Waals surface area (Å²) in [4.78, 5) is 33.9. The number of benzene rings is 2. The first kappa shape index (κ1) is 25.5. The summed E-state index contributed by atoms with van der Waals surface area (Å²) in [6.07, 6.45) is 0.120.